The lowest BCUT2D eigenvalue weighted by Gasteiger charge is -2.25. The highest BCUT2D eigenvalue weighted by atomic mass is 32.1. The van der Waals surface area contributed by atoms with Crippen LogP contribution in [-0.4, -0.2) is 80.1 Å². The van der Waals surface area contributed by atoms with Gasteiger partial charge in [0.1, 0.15) is 35.7 Å². The number of thiol groups is 1. The number of hydrogen-bond donors (Lipinski definition) is 9. The van der Waals surface area contributed by atoms with Crippen molar-refractivity contribution in [2.24, 2.45) is 5.73 Å². The zero-order valence-electron chi connectivity index (χ0n) is 20.6. The number of aromatic hydroxyl groups is 2. The van der Waals surface area contributed by atoms with Gasteiger partial charge in [-0.2, -0.15) is 12.6 Å². The molecular weight excluding hydrogens is 516 g/mol. The number of aliphatic carboxylic acids is 1. The quantitative estimate of drug-likeness (QED) is 0.141. The zero-order valence-corrected chi connectivity index (χ0v) is 21.5. The van der Waals surface area contributed by atoms with Crippen LogP contribution in [0.15, 0.2) is 48.5 Å². The molecule has 2 aromatic carbocycles. The molecule has 206 valence electrons. The van der Waals surface area contributed by atoms with Crippen molar-refractivity contribution in [2.45, 2.75) is 50.0 Å². The minimum absolute atomic E-state index is 0.00211. The van der Waals surface area contributed by atoms with Crippen molar-refractivity contribution in [3.8, 4) is 11.5 Å². The van der Waals surface area contributed by atoms with Crippen molar-refractivity contribution in [1.82, 2.24) is 16.0 Å². The molecule has 13 heteroatoms. The van der Waals surface area contributed by atoms with E-state index >= 15 is 0 Å². The van der Waals surface area contributed by atoms with Crippen LogP contribution in [0.5, 0.6) is 11.5 Å². The van der Waals surface area contributed by atoms with Crippen LogP contribution in [0, 0.1) is 0 Å². The number of aliphatic hydroxyl groups excluding tert-OH is 1. The number of hydrogen-bond acceptors (Lipinski definition) is 9. The highest BCUT2D eigenvalue weighted by Gasteiger charge is 2.31. The topological polar surface area (TPSA) is 211 Å². The average molecular weight is 549 g/mol. The number of benzene rings is 2. The number of aliphatic hydroxyl groups is 1. The van der Waals surface area contributed by atoms with E-state index in [0.717, 1.165) is 0 Å². The summed E-state index contributed by atoms with van der Waals surface area (Å²) in [6, 6.07) is 6.59. The fourth-order valence-electron chi connectivity index (χ4n) is 3.37. The summed E-state index contributed by atoms with van der Waals surface area (Å²) in [5.41, 5.74) is 6.83. The van der Waals surface area contributed by atoms with Crippen LogP contribution in [0.1, 0.15) is 18.1 Å². The number of carboxylic acids is 1. The van der Waals surface area contributed by atoms with Gasteiger partial charge in [-0.1, -0.05) is 24.3 Å². The number of phenolic OH excluding ortho intramolecular Hbond substituents is 2. The summed E-state index contributed by atoms with van der Waals surface area (Å²) in [7, 11) is 0. The Morgan fingerprint density at radius 1 is 0.763 bits per heavy atom. The maximum atomic E-state index is 13.4. The number of nitrogens with one attached hydrogen (secondary N) is 3. The molecule has 0 bridgehead atoms. The van der Waals surface area contributed by atoms with Crippen LogP contribution in [0.25, 0.3) is 0 Å². The molecule has 2 rings (SSSR count). The van der Waals surface area contributed by atoms with E-state index in [1.165, 1.54) is 43.3 Å². The molecule has 9 N–H and O–H groups in total. The molecule has 0 aliphatic heterocycles. The van der Waals surface area contributed by atoms with Gasteiger partial charge in [-0.3, -0.25) is 14.4 Å². The van der Waals surface area contributed by atoms with Gasteiger partial charge in [0, 0.05) is 18.6 Å². The summed E-state index contributed by atoms with van der Waals surface area (Å²) < 4.78 is 0. The van der Waals surface area contributed by atoms with Crippen molar-refractivity contribution >= 4 is 36.3 Å². The van der Waals surface area contributed by atoms with Gasteiger partial charge in [0.25, 0.3) is 0 Å². The van der Waals surface area contributed by atoms with E-state index in [2.05, 4.69) is 28.6 Å². The van der Waals surface area contributed by atoms with E-state index in [0.29, 0.717) is 11.1 Å². The molecule has 5 unspecified atom stereocenters. The molecule has 3 amide bonds. The van der Waals surface area contributed by atoms with Gasteiger partial charge in [0.05, 0.1) is 6.10 Å². The summed E-state index contributed by atoms with van der Waals surface area (Å²) in [5.74, 6) is -3.91. The molecule has 5 atom stereocenters. The number of carboxylic acid groups (broad SMARTS) is 1. The van der Waals surface area contributed by atoms with Gasteiger partial charge in [-0.25, -0.2) is 4.79 Å². The molecule has 0 aliphatic carbocycles. The molecule has 0 saturated carbocycles. The lowest BCUT2D eigenvalue weighted by molar-refractivity contribution is -0.141. The second-order valence-electron chi connectivity index (χ2n) is 8.71. The molecule has 0 saturated heterocycles. The number of carbonyl (C=O) groups excluding carboxylic acids is 3. The first-order valence-electron chi connectivity index (χ1n) is 11.7. The highest BCUT2D eigenvalue weighted by molar-refractivity contribution is 7.80. The second kappa shape index (κ2) is 14.2. The maximum absolute atomic E-state index is 13.4. The van der Waals surface area contributed by atoms with E-state index < -0.39 is 54.0 Å². The lowest BCUT2D eigenvalue weighted by Crippen LogP contribution is -2.59. The Kier molecular flexibility index (Phi) is 11.4. The number of amides is 3. The van der Waals surface area contributed by atoms with Crippen molar-refractivity contribution in [3.63, 3.8) is 0 Å². The molecule has 12 nitrogen and oxygen atoms in total. The molecule has 2 aromatic rings. The molecule has 0 spiro atoms. The minimum atomic E-state index is -1.33. The summed E-state index contributed by atoms with van der Waals surface area (Å²) in [4.78, 5) is 50.3. The Labute approximate surface area is 224 Å². The third-order valence-electron chi connectivity index (χ3n) is 5.64. The fraction of sp³-hybridized carbons (Fsp3) is 0.360. The van der Waals surface area contributed by atoms with Crippen LogP contribution in [0.4, 0.5) is 0 Å². The van der Waals surface area contributed by atoms with Gasteiger partial charge in [-0.05, 0) is 42.3 Å². The molecule has 0 fully saturated rings. The Morgan fingerprint density at radius 3 is 1.47 bits per heavy atom. The Morgan fingerprint density at radius 2 is 1.13 bits per heavy atom. The first-order chi connectivity index (χ1) is 17.9. The smallest absolute Gasteiger partial charge is 0.327 e. The number of nitrogens with two attached hydrogens (primary N) is 1. The van der Waals surface area contributed by atoms with Crippen molar-refractivity contribution in [2.75, 3.05) is 5.75 Å². The van der Waals surface area contributed by atoms with E-state index in [4.69, 9.17) is 5.73 Å². The summed E-state index contributed by atoms with van der Waals surface area (Å²) in [6.45, 7) is 1.32. The van der Waals surface area contributed by atoms with Crippen molar-refractivity contribution < 1.29 is 39.6 Å². The lowest BCUT2D eigenvalue weighted by atomic mass is 10.0. The van der Waals surface area contributed by atoms with Crippen LogP contribution in [0.3, 0.4) is 0 Å². The predicted molar refractivity (Wildman–Crippen MR) is 141 cm³/mol. The van der Waals surface area contributed by atoms with E-state index in [1.54, 1.807) is 12.1 Å². The third kappa shape index (κ3) is 9.25. The average Bonchev–Trinajstić information content (AvgIpc) is 2.87. The van der Waals surface area contributed by atoms with E-state index in [-0.39, 0.29) is 30.1 Å². The third-order valence-corrected chi connectivity index (χ3v) is 6.00. The molecular formula is C25H32N4O8S. The predicted octanol–water partition coefficient (Wildman–Crippen LogP) is -0.940. The number of carbonyl (C=O) groups is 4. The first-order valence-corrected chi connectivity index (χ1v) is 12.3. The van der Waals surface area contributed by atoms with Crippen LogP contribution in [0.2, 0.25) is 0 Å². The molecule has 0 aromatic heterocycles. The SMILES string of the molecule is CC(O)C(N)C(=O)NC(Cc1ccc(O)cc1)C(=O)NC(Cc1ccc(O)cc1)C(=O)NC(CS)C(=O)O. The molecule has 38 heavy (non-hydrogen) atoms. The maximum Gasteiger partial charge on any atom is 0.327 e. The number of rotatable bonds is 13. The molecule has 0 radical (unpaired) electrons. The van der Waals surface area contributed by atoms with Crippen molar-refractivity contribution in [3.05, 3.63) is 59.7 Å². The van der Waals surface area contributed by atoms with Crippen LogP contribution in [-0.2, 0) is 32.0 Å². The van der Waals surface area contributed by atoms with Gasteiger partial charge in [0.2, 0.25) is 17.7 Å². The summed E-state index contributed by atoms with van der Waals surface area (Å²) in [5, 5.41) is 45.4. The normalized spacial score (nSPS) is 14.8. The van der Waals surface area contributed by atoms with Crippen LogP contribution < -0.4 is 21.7 Å². The van der Waals surface area contributed by atoms with Gasteiger partial charge < -0.3 is 42.1 Å². The Bertz CT molecular complexity index is 1110. The van der Waals surface area contributed by atoms with Gasteiger partial charge in [-0.15, -0.1) is 0 Å². The summed E-state index contributed by atoms with van der Waals surface area (Å²) >= 11 is 3.94. The minimum Gasteiger partial charge on any atom is -0.508 e. The summed E-state index contributed by atoms with van der Waals surface area (Å²) in [6.07, 6.45) is -1.31. The highest BCUT2D eigenvalue weighted by Crippen LogP contribution is 2.14. The van der Waals surface area contributed by atoms with Gasteiger partial charge in [0.15, 0.2) is 0 Å². The van der Waals surface area contributed by atoms with E-state index in [1.807, 2.05) is 0 Å². The first kappa shape index (κ1) is 30.4. The van der Waals surface area contributed by atoms with Crippen molar-refractivity contribution in [1.29, 1.82) is 0 Å². The molecule has 0 heterocycles. The van der Waals surface area contributed by atoms with Gasteiger partial charge >= 0.3 is 5.97 Å². The second-order valence-corrected chi connectivity index (χ2v) is 9.08. The standard InChI is InChI=1S/C25H32N4O8S/c1-13(30)21(26)24(35)28-19(11-15-4-8-17(32)9-5-15)22(33)27-18(10-14-2-6-16(31)7-3-14)23(34)29-20(12-38)25(36)37/h2-9,13,18-21,30-32,38H,10-12,26H2,1H3,(H,27,33)(H,28,35)(H,29,34)(H,36,37). The number of phenols is 2. The fourth-order valence-corrected chi connectivity index (χ4v) is 3.62. The Balaban J connectivity index is 2.32. The van der Waals surface area contributed by atoms with Crippen LogP contribution >= 0.6 is 12.6 Å². The Hall–Kier alpha value is -3.81. The zero-order chi connectivity index (χ0) is 28.4. The largest absolute Gasteiger partial charge is 0.508 e. The van der Waals surface area contributed by atoms with E-state index in [9.17, 15) is 39.6 Å². The molecule has 0 aliphatic rings. The monoisotopic (exact) mass is 548 g/mol.